The van der Waals surface area contributed by atoms with E-state index in [0.29, 0.717) is 0 Å². The van der Waals surface area contributed by atoms with Gasteiger partial charge in [0, 0.05) is 6.07 Å². The Morgan fingerprint density at radius 2 is 1.31 bits per heavy atom. The molecule has 0 aliphatic heterocycles. The highest BCUT2D eigenvalue weighted by atomic mass is 16.6. The third kappa shape index (κ3) is 1.97. The molecule has 0 spiro atoms. The first kappa shape index (κ1) is 11.6. The number of nitro groups is 2. The maximum absolute atomic E-state index is 10.6. The molecular weight excluding hydrogens is 220 g/mol. The fourth-order valence-electron chi connectivity index (χ4n) is 1.11. The first-order chi connectivity index (χ1) is 7.51. The molecule has 6 N–H and O–H groups in total. The van der Waals surface area contributed by atoms with Crippen LogP contribution in [0.5, 0.6) is 0 Å². The number of rotatable bonds is 4. The van der Waals surface area contributed by atoms with E-state index in [9.17, 15) is 20.2 Å². The molecule has 0 aromatic heterocycles. The standard InChI is InChI=1S/C6H8N6O4/c7-9-3-1-4(10-8)6(12(15)16)2-5(3)11(13)14/h1-2,9-10H,7-8H2. The smallest absolute Gasteiger partial charge is 0.300 e. The third-order valence-corrected chi connectivity index (χ3v) is 1.82. The van der Waals surface area contributed by atoms with Crippen molar-refractivity contribution in [3.8, 4) is 0 Å². The molecule has 0 aliphatic rings. The Balaban J connectivity index is 3.46. The molecule has 16 heavy (non-hydrogen) atoms. The zero-order valence-corrected chi connectivity index (χ0v) is 7.84. The van der Waals surface area contributed by atoms with Gasteiger partial charge < -0.3 is 10.9 Å². The van der Waals surface area contributed by atoms with Gasteiger partial charge in [-0.2, -0.15) is 0 Å². The van der Waals surface area contributed by atoms with Crippen molar-refractivity contribution in [2.45, 2.75) is 0 Å². The quantitative estimate of drug-likeness (QED) is 0.319. The number of hydrazine groups is 2. The summed E-state index contributed by atoms with van der Waals surface area (Å²) in [6.45, 7) is 0. The van der Waals surface area contributed by atoms with Gasteiger partial charge in [-0.15, -0.1) is 0 Å². The number of nitrogens with one attached hydrogen (secondary N) is 2. The van der Waals surface area contributed by atoms with Crippen molar-refractivity contribution in [3.63, 3.8) is 0 Å². The molecule has 0 bridgehead atoms. The number of benzene rings is 1. The molecular formula is C6H8N6O4. The van der Waals surface area contributed by atoms with Gasteiger partial charge in [-0.25, -0.2) is 0 Å². The van der Waals surface area contributed by atoms with Gasteiger partial charge in [0.05, 0.1) is 15.9 Å². The summed E-state index contributed by atoms with van der Waals surface area (Å²) in [5, 5.41) is 21.2. The molecule has 1 aromatic carbocycles. The zero-order chi connectivity index (χ0) is 12.3. The van der Waals surface area contributed by atoms with E-state index in [2.05, 4.69) is 10.9 Å². The number of anilines is 2. The zero-order valence-electron chi connectivity index (χ0n) is 7.84. The Hall–Kier alpha value is -2.46. The molecule has 10 nitrogen and oxygen atoms in total. The molecule has 0 saturated heterocycles. The summed E-state index contributed by atoms with van der Waals surface area (Å²) in [6, 6.07) is 1.85. The van der Waals surface area contributed by atoms with Crippen LogP contribution in [-0.4, -0.2) is 9.85 Å². The number of nitro benzene ring substituents is 2. The minimum absolute atomic E-state index is 0.0800. The van der Waals surface area contributed by atoms with Crippen LogP contribution in [0, 0.1) is 20.2 Å². The van der Waals surface area contributed by atoms with E-state index in [-0.39, 0.29) is 11.4 Å². The molecule has 0 heterocycles. The maximum Gasteiger partial charge on any atom is 0.300 e. The molecule has 86 valence electrons. The van der Waals surface area contributed by atoms with Gasteiger partial charge in [-0.1, -0.05) is 0 Å². The van der Waals surface area contributed by atoms with Crippen molar-refractivity contribution in [3.05, 3.63) is 32.4 Å². The number of nitrogen functional groups attached to an aromatic ring is 2. The Morgan fingerprint density at radius 1 is 0.938 bits per heavy atom. The highest BCUT2D eigenvalue weighted by Crippen LogP contribution is 2.34. The fourth-order valence-corrected chi connectivity index (χ4v) is 1.11. The molecule has 1 rings (SSSR count). The topological polar surface area (TPSA) is 162 Å². The van der Waals surface area contributed by atoms with Gasteiger partial charge in [0.15, 0.2) is 0 Å². The van der Waals surface area contributed by atoms with Crippen LogP contribution >= 0.6 is 0 Å². The van der Waals surface area contributed by atoms with Gasteiger partial charge in [0.2, 0.25) is 0 Å². The first-order valence-corrected chi connectivity index (χ1v) is 3.91. The summed E-state index contributed by atoms with van der Waals surface area (Å²) in [7, 11) is 0. The molecule has 0 unspecified atom stereocenters. The predicted octanol–water partition coefficient (Wildman–Crippen LogP) is 0.0742. The molecule has 0 saturated carbocycles. The Labute approximate surface area is 88.5 Å². The summed E-state index contributed by atoms with van der Waals surface area (Å²) < 4.78 is 0. The molecule has 10 heteroatoms. The van der Waals surface area contributed by atoms with Crippen molar-refractivity contribution in [1.29, 1.82) is 0 Å². The summed E-state index contributed by atoms with van der Waals surface area (Å²) >= 11 is 0. The first-order valence-electron chi connectivity index (χ1n) is 3.91. The highest BCUT2D eigenvalue weighted by Gasteiger charge is 2.23. The highest BCUT2D eigenvalue weighted by molar-refractivity contribution is 5.76. The van der Waals surface area contributed by atoms with Crippen LogP contribution in [0.1, 0.15) is 0 Å². The Morgan fingerprint density at radius 3 is 1.56 bits per heavy atom. The lowest BCUT2D eigenvalue weighted by Gasteiger charge is -2.06. The molecule has 0 atom stereocenters. The minimum Gasteiger partial charge on any atom is -0.318 e. The second-order valence-electron chi connectivity index (χ2n) is 2.69. The monoisotopic (exact) mass is 228 g/mol. The second kappa shape index (κ2) is 4.37. The Bertz CT molecular complexity index is 410. The minimum atomic E-state index is -0.789. The second-order valence-corrected chi connectivity index (χ2v) is 2.69. The molecule has 0 amide bonds. The molecule has 1 aromatic rings. The van der Waals surface area contributed by atoms with Crippen LogP contribution < -0.4 is 22.5 Å². The van der Waals surface area contributed by atoms with Crippen LogP contribution in [0.3, 0.4) is 0 Å². The average molecular weight is 228 g/mol. The predicted molar refractivity (Wildman–Crippen MR) is 55.4 cm³/mol. The van der Waals surface area contributed by atoms with Crippen LogP contribution in [0.15, 0.2) is 12.1 Å². The number of hydrogen-bond acceptors (Lipinski definition) is 8. The van der Waals surface area contributed by atoms with E-state index in [4.69, 9.17) is 11.7 Å². The summed E-state index contributed by atoms with van der Waals surface area (Å²) in [5.41, 5.74) is 2.94. The average Bonchev–Trinajstić information content (AvgIpc) is 2.26. The van der Waals surface area contributed by atoms with Gasteiger partial charge >= 0.3 is 11.4 Å². The summed E-state index contributed by atoms with van der Waals surface area (Å²) in [5.74, 6) is 10.1. The van der Waals surface area contributed by atoms with Crippen molar-refractivity contribution >= 4 is 22.7 Å². The van der Waals surface area contributed by atoms with Gasteiger partial charge in [0.1, 0.15) is 11.4 Å². The lowest BCUT2D eigenvalue weighted by atomic mass is 10.2. The summed E-state index contributed by atoms with van der Waals surface area (Å²) in [4.78, 5) is 19.6. The molecule has 0 radical (unpaired) electrons. The van der Waals surface area contributed by atoms with Crippen molar-refractivity contribution in [2.75, 3.05) is 10.9 Å². The van der Waals surface area contributed by atoms with E-state index in [1.54, 1.807) is 0 Å². The molecule has 0 fully saturated rings. The lowest BCUT2D eigenvalue weighted by molar-refractivity contribution is -0.393. The SMILES string of the molecule is NNc1cc(NN)c([N+](=O)[O-])cc1[N+](=O)[O-]. The number of hydrogen-bond donors (Lipinski definition) is 4. The van der Waals surface area contributed by atoms with Crippen molar-refractivity contribution < 1.29 is 9.85 Å². The largest absolute Gasteiger partial charge is 0.318 e. The van der Waals surface area contributed by atoms with E-state index < -0.39 is 21.2 Å². The van der Waals surface area contributed by atoms with Crippen LogP contribution in [0.25, 0.3) is 0 Å². The summed E-state index contributed by atoms with van der Waals surface area (Å²) in [6.07, 6.45) is 0. The van der Waals surface area contributed by atoms with Gasteiger partial charge in [0.25, 0.3) is 0 Å². The number of nitrogens with zero attached hydrogens (tertiary/aromatic N) is 2. The van der Waals surface area contributed by atoms with Crippen LogP contribution in [0.4, 0.5) is 22.7 Å². The van der Waals surface area contributed by atoms with Crippen LogP contribution in [0.2, 0.25) is 0 Å². The third-order valence-electron chi connectivity index (χ3n) is 1.82. The number of nitrogens with two attached hydrogens (primary N) is 2. The van der Waals surface area contributed by atoms with E-state index in [0.717, 1.165) is 12.1 Å². The van der Waals surface area contributed by atoms with E-state index >= 15 is 0 Å². The van der Waals surface area contributed by atoms with E-state index in [1.807, 2.05) is 0 Å². The normalized spacial score (nSPS) is 9.62. The maximum atomic E-state index is 10.6. The van der Waals surface area contributed by atoms with Crippen LogP contribution in [-0.2, 0) is 0 Å². The van der Waals surface area contributed by atoms with Crippen molar-refractivity contribution in [2.24, 2.45) is 11.7 Å². The fraction of sp³-hybridized carbons (Fsp3) is 0. The molecule has 0 aliphatic carbocycles. The van der Waals surface area contributed by atoms with E-state index in [1.165, 1.54) is 0 Å². The van der Waals surface area contributed by atoms with Gasteiger partial charge in [-0.3, -0.25) is 31.9 Å². The lowest BCUT2D eigenvalue weighted by Crippen LogP contribution is -2.13. The van der Waals surface area contributed by atoms with Gasteiger partial charge in [-0.05, 0) is 0 Å². The Kier molecular flexibility index (Phi) is 3.17. The van der Waals surface area contributed by atoms with Crippen molar-refractivity contribution in [1.82, 2.24) is 0 Å².